The number of ether oxygens (including phenoxy) is 1. The Morgan fingerprint density at radius 1 is 1.47 bits per heavy atom. The van der Waals surface area contributed by atoms with E-state index in [1.54, 1.807) is 12.3 Å². The van der Waals surface area contributed by atoms with Crippen molar-refractivity contribution in [1.29, 1.82) is 0 Å². The third-order valence-corrected chi connectivity index (χ3v) is 3.77. The van der Waals surface area contributed by atoms with Gasteiger partial charge in [0.2, 0.25) is 0 Å². The van der Waals surface area contributed by atoms with Gasteiger partial charge in [-0.05, 0) is 50.8 Å². The predicted octanol–water partition coefficient (Wildman–Crippen LogP) is 3.22. The number of pyridine rings is 1. The SMILES string of the molecule is CCCNC(c1cncc(F)c1)C1(C)CCCCO1. The number of aromatic nitrogens is 1. The molecular formula is C15H23FN2O. The summed E-state index contributed by atoms with van der Waals surface area (Å²) in [5, 5.41) is 3.49. The Morgan fingerprint density at radius 3 is 2.95 bits per heavy atom. The highest BCUT2D eigenvalue weighted by atomic mass is 19.1. The first-order valence-electron chi connectivity index (χ1n) is 7.13. The second-order valence-electron chi connectivity index (χ2n) is 5.44. The maximum absolute atomic E-state index is 13.4. The van der Waals surface area contributed by atoms with Crippen molar-refractivity contribution < 1.29 is 9.13 Å². The fraction of sp³-hybridized carbons (Fsp3) is 0.667. The zero-order valence-electron chi connectivity index (χ0n) is 11.8. The van der Waals surface area contributed by atoms with E-state index < -0.39 is 0 Å². The number of nitrogens with zero attached hydrogens (tertiary/aromatic N) is 1. The Bertz CT molecular complexity index is 405. The summed E-state index contributed by atoms with van der Waals surface area (Å²) in [6.45, 7) is 5.91. The van der Waals surface area contributed by atoms with E-state index in [1.165, 1.54) is 6.20 Å². The molecule has 3 nitrogen and oxygen atoms in total. The fourth-order valence-corrected chi connectivity index (χ4v) is 2.74. The van der Waals surface area contributed by atoms with Gasteiger partial charge in [0, 0.05) is 12.8 Å². The number of nitrogens with one attached hydrogen (secondary N) is 1. The minimum Gasteiger partial charge on any atom is -0.373 e. The molecule has 0 aromatic carbocycles. The van der Waals surface area contributed by atoms with Gasteiger partial charge < -0.3 is 10.1 Å². The highest BCUT2D eigenvalue weighted by Gasteiger charge is 2.37. The molecule has 0 saturated carbocycles. The number of hydrogen-bond acceptors (Lipinski definition) is 3. The van der Waals surface area contributed by atoms with E-state index in [2.05, 4.69) is 24.1 Å². The summed E-state index contributed by atoms with van der Waals surface area (Å²) in [5.74, 6) is -0.291. The molecule has 0 spiro atoms. The van der Waals surface area contributed by atoms with Crippen LogP contribution in [0.5, 0.6) is 0 Å². The van der Waals surface area contributed by atoms with E-state index in [1.807, 2.05) is 0 Å². The average Bonchev–Trinajstić information content (AvgIpc) is 2.40. The van der Waals surface area contributed by atoms with Gasteiger partial charge >= 0.3 is 0 Å². The monoisotopic (exact) mass is 266 g/mol. The van der Waals surface area contributed by atoms with Crippen LogP contribution in [-0.4, -0.2) is 23.7 Å². The Labute approximate surface area is 114 Å². The minimum atomic E-state index is -0.291. The van der Waals surface area contributed by atoms with Crippen molar-refractivity contribution in [3.05, 3.63) is 29.8 Å². The molecule has 0 bridgehead atoms. The average molecular weight is 266 g/mol. The molecule has 4 heteroatoms. The van der Waals surface area contributed by atoms with Crippen molar-refractivity contribution in [2.45, 2.75) is 51.2 Å². The zero-order chi connectivity index (χ0) is 13.7. The van der Waals surface area contributed by atoms with Crippen LogP contribution in [0.1, 0.15) is 51.1 Å². The predicted molar refractivity (Wildman–Crippen MR) is 73.4 cm³/mol. The number of halogens is 1. The molecule has 1 aromatic rings. The first-order valence-corrected chi connectivity index (χ1v) is 7.13. The van der Waals surface area contributed by atoms with Gasteiger partial charge in [-0.1, -0.05) is 6.92 Å². The van der Waals surface area contributed by atoms with Gasteiger partial charge in [-0.15, -0.1) is 0 Å². The lowest BCUT2D eigenvalue weighted by atomic mass is 9.84. The lowest BCUT2D eigenvalue weighted by Crippen LogP contribution is -2.46. The summed E-state index contributed by atoms with van der Waals surface area (Å²) in [6, 6.07) is 1.56. The maximum Gasteiger partial charge on any atom is 0.141 e. The standard InChI is InChI=1S/C15H23FN2O/c1-3-7-18-14(12-9-13(16)11-17-10-12)15(2)6-4-5-8-19-15/h9-11,14,18H,3-8H2,1-2H3. The molecule has 2 rings (SSSR count). The first kappa shape index (κ1) is 14.4. The first-order chi connectivity index (χ1) is 9.15. The van der Waals surface area contributed by atoms with Gasteiger partial charge in [-0.3, -0.25) is 4.98 Å². The van der Waals surface area contributed by atoms with Gasteiger partial charge in [0.1, 0.15) is 5.82 Å². The molecule has 2 heterocycles. The zero-order valence-corrected chi connectivity index (χ0v) is 11.8. The molecule has 1 aromatic heterocycles. The second-order valence-corrected chi connectivity index (χ2v) is 5.44. The molecule has 2 atom stereocenters. The number of hydrogen-bond donors (Lipinski definition) is 1. The van der Waals surface area contributed by atoms with Gasteiger partial charge in [0.25, 0.3) is 0 Å². The van der Waals surface area contributed by atoms with Crippen molar-refractivity contribution in [2.24, 2.45) is 0 Å². The molecule has 0 amide bonds. The van der Waals surface area contributed by atoms with Crippen LogP contribution in [0.25, 0.3) is 0 Å². The van der Waals surface area contributed by atoms with Crippen LogP contribution < -0.4 is 5.32 Å². The van der Waals surface area contributed by atoms with E-state index >= 15 is 0 Å². The van der Waals surface area contributed by atoms with Gasteiger partial charge in [-0.2, -0.15) is 0 Å². The van der Waals surface area contributed by atoms with Crippen LogP contribution in [0.4, 0.5) is 4.39 Å². The van der Waals surface area contributed by atoms with Crippen molar-refractivity contribution in [3.8, 4) is 0 Å². The Hall–Kier alpha value is -1.00. The third kappa shape index (κ3) is 3.51. The minimum absolute atomic E-state index is 0.00375. The quantitative estimate of drug-likeness (QED) is 0.888. The Balaban J connectivity index is 2.24. The van der Waals surface area contributed by atoms with Crippen molar-refractivity contribution >= 4 is 0 Å². The van der Waals surface area contributed by atoms with Crippen LogP contribution in [0.3, 0.4) is 0 Å². The molecule has 1 aliphatic heterocycles. The van der Waals surface area contributed by atoms with Crippen LogP contribution >= 0.6 is 0 Å². The van der Waals surface area contributed by atoms with Crippen molar-refractivity contribution in [2.75, 3.05) is 13.2 Å². The highest BCUT2D eigenvalue weighted by Crippen LogP contribution is 2.36. The Kier molecular flexibility index (Phi) is 4.88. The largest absolute Gasteiger partial charge is 0.373 e. The summed E-state index contributed by atoms with van der Waals surface area (Å²) < 4.78 is 19.4. The van der Waals surface area contributed by atoms with E-state index in [4.69, 9.17) is 4.74 Å². The molecule has 1 N–H and O–H groups in total. The summed E-state index contributed by atoms with van der Waals surface area (Å²) in [7, 11) is 0. The molecule has 1 fully saturated rings. The van der Waals surface area contributed by atoms with Gasteiger partial charge in [-0.25, -0.2) is 4.39 Å². The van der Waals surface area contributed by atoms with Crippen molar-refractivity contribution in [1.82, 2.24) is 10.3 Å². The summed E-state index contributed by atoms with van der Waals surface area (Å²) >= 11 is 0. The van der Waals surface area contributed by atoms with Crippen LogP contribution in [0.15, 0.2) is 18.5 Å². The van der Waals surface area contributed by atoms with Crippen LogP contribution in [0, 0.1) is 5.82 Å². The molecule has 0 aliphatic carbocycles. The van der Waals surface area contributed by atoms with Gasteiger partial charge in [0.15, 0.2) is 0 Å². The molecule has 1 saturated heterocycles. The van der Waals surface area contributed by atoms with Gasteiger partial charge in [0.05, 0.1) is 17.8 Å². The summed E-state index contributed by atoms with van der Waals surface area (Å²) in [4.78, 5) is 3.97. The van der Waals surface area contributed by atoms with E-state index in [0.717, 1.165) is 44.4 Å². The van der Waals surface area contributed by atoms with E-state index in [-0.39, 0.29) is 17.5 Å². The number of rotatable bonds is 5. The third-order valence-electron chi connectivity index (χ3n) is 3.77. The van der Waals surface area contributed by atoms with Crippen LogP contribution in [0.2, 0.25) is 0 Å². The lowest BCUT2D eigenvalue weighted by molar-refractivity contribution is -0.0898. The van der Waals surface area contributed by atoms with Crippen molar-refractivity contribution in [3.63, 3.8) is 0 Å². The maximum atomic E-state index is 13.4. The summed E-state index contributed by atoms with van der Waals surface area (Å²) in [5.41, 5.74) is 0.598. The molecule has 106 valence electrons. The molecule has 1 aliphatic rings. The topological polar surface area (TPSA) is 34.2 Å². The molecule has 19 heavy (non-hydrogen) atoms. The lowest BCUT2D eigenvalue weighted by Gasteiger charge is -2.41. The fourth-order valence-electron chi connectivity index (χ4n) is 2.74. The second kappa shape index (κ2) is 6.44. The van der Waals surface area contributed by atoms with E-state index in [0.29, 0.717) is 0 Å². The highest BCUT2D eigenvalue weighted by molar-refractivity contribution is 5.19. The molecule has 0 radical (unpaired) electrons. The summed E-state index contributed by atoms with van der Waals surface area (Å²) in [6.07, 6.45) is 7.27. The Morgan fingerprint density at radius 2 is 2.32 bits per heavy atom. The van der Waals surface area contributed by atoms with E-state index in [9.17, 15) is 4.39 Å². The normalized spacial score (nSPS) is 25.2. The molecular weight excluding hydrogens is 243 g/mol. The molecule has 2 unspecified atom stereocenters. The smallest absolute Gasteiger partial charge is 0.141 e. The van der Waals surface area contributed by atoms with Crippen LogP contribution in [-0.2, 0) is 4.74 Å².